The number of piperazine rings is 1. The molecule has 1 saturated heterocycles. The van der Waals surface area contributed by atoms with Crippen LogP contribution in [0.15, 0.2) is 53.3 Å². The molecular weight excluding hydrogens is 365 g/mol. The van der Waals surface area contributed by atoms with E-state index in [1.165, 1.54) is 29.3 Å². The molecule has 1 amide bonds. The van der Waals surface area contributed by atoms with Crippen molar-refractivity contribution in [3.8, 4) is 0 Å². The maximum Gasteiger partial charge on any atom is 0.276 e. The molecule has 0 saturated carbocycles. The van der Waals surface area contributed by atoms with Crippen LogP contribution in [0.4, 0.5) is 10.1 Å². The predicted octanol–water partition coefficient (Wildman–Crippen LogP) is 1.71. The Labute approximate surface area is 160 Å². The van der Waals surface area contributed by atoms with Crippen molar-refractivity contribution >= 4 is 11.6 Å². The Morgan fingerprint density at radius 1 is 1.18 bits per heavy atom. The van der Waals surface area contributed by atoms with Gasteiger partial charge in [-0.15, -0.1) is 5.10 Å². The number of amides is 1. The third kappa shape index (κ3) is 3.89. The van der Waals surface area contributed by atoms with Crippen LogP contribution in [0.1, 0.15) is 22.4 Å². The summed E-state index contributed by atoms with van der Waals surface area (Å²) in [6, 6.07) is 9.71. The molecule has 4 rings (SSSR count). The van der Waals surface area contributed by atoms with Crippen LogP contribution in [0.25, 0.3) is 0 Å². The number of carbonyl (C=O) groups is 1. The van der Waals surface area contributed by atoms with Gasteiger partial charge in [-0.05, 0) is 36.4 Å². The van der Waals surface area contributed by atoms with E-state index >= 15 is 0 Å². The Hall–Kier alpha value is -3.20. The van der Waals surface area contributed by atoms with Crippen LogP contribution in [0.5, 0.6) is 0 Å². The number of hydrogen-bond acceptors (Lipinski definition) is 6. The zero-order valence-corrected chi connectivity index (χ0v) is 15.1. The molecule has 0 aliphatic carbocycles. The number of benzene rings is 1. The second-order valence-electron chi connectivity index (χ2n) is 6.61. The number of aliphatic hydroxyl groups excluding tert-OH is 1. The average Bonchev–Trinajstić information content (AvgIpc) is 3.40. The van der Waals surface area contributed by atoms with Crippen LogP contribution in [0, 0.1) is 5.82 Å². The van der Waals surface area contributed by atoms with Gasteiger partial charge in [0.25, 0.3) is 5.91 Å². The zero-order chi connectivity index (χ0) is 19.5. The van der Waals surface area contributed by atoms with Crippen molar-refractivity contribution in [3.63, 3.8) is 0 Å². The number of rotatable bonds is 5. The Kier molecular flexibility index (Phi) is 5.07. The quantitative estimate of drug-likeness (QED) is 0.719. The number of hydrogen-bond donors (Lipinski definition) is 1. The summed E-state index contributed by atoms with van der Waals surface area (Å²) >= 11 is 0. The standard InChI is InChI=1S/C19H20FN5O3/c20-14-3-5-15(6-4-14)23-7-9-24(10-8-23)19(27)16-12-25(22-21-16)13-17(26)18-2-1-11-28-18/h1-6,11-12,17,26H,7-10,13H2/t17-/m0/s1. The highest BCUT2D eigenvalue weighted by atomic mass is 19.1. The van der Waals surface area contributed by atoms with Crippen molar-refractivity contribution in [3.05, 3.63) is 66.1 Å². The van der Waals surface area contributed by atoms with E-state index in [1.54, 1.807) is 29.2 Å². The SMILES string of the molecule is O=C(c1cn(C[C@H](O)c2ccco2)nn1)N1CCN(c2ccc(F)cc2)CC1. The van der Waals surface area contributed by atoms with Crippen molar-refractivity contribution in [2.24, 2.45) is 0 Å². The minimum Gasteiger partial charge on any atom is -0.467 e. The third-order valence-electron chi connectivity index (χ3n) is 4.75. The first-order chi connectivity index (χ1) is 13.6. The summed E-state index contributed by atoms with van der Waals surface area (Å²) in [5.41, 5.74) is 1.17. The van der Waals surface area contributed by atoms with Gasteiger partial charge in [-0.1, -0.05) is 5.21 Å². The third-order valence-corrected chi connectivity index (χ3v) is 4.75. The number of anilines is 1. The fourth-order valence-corrected chi connectivity index (χ4v) is 3.22. The van der Waals surface area contributed by atoms with E-state index in [2.05, 4.69) is 15.2 Å². The Balaban J connectivity index is 1.34. The van der Waals surface area contributed by atoms with E-state index in [4.69, 9.17) is 4.42 Å². The molecule has 1 aliphatic heterocycles. The molecule has 28 heavy (non-hydrogen) atoms. The lowest BCUT2D eigenvalue weighted by molar-refractivity contribution is 0.0740. The molecule has 1 N–H and O–H groups in total. The summed E-state index contributed by atoms with van der Waals surface area (Å²) in [5.74, 6) is -0.0319. The molecule has 1 aromatic carbocycles. The summed E-state index contributed by atoms with van der Waals surface area (Å²) in [6.07, 6.45) is 2.15. The molecule has 0 bridgehead atoms. The minimum absolute atomic E-state index is 0.145. The van der Waals surface area contributed by atoms with Crippen molar-refractivity contribution in [1.82, 2.24) is 19.9 Å². The monoisotopic (exact) mass is 385 g/mol. The summed E-state index contributed by atoms with van der Waals surface area (Å²) in [5, 5.41) is 18.0. The molecule has 0 radical (unpaired) electrons. The smallest absolute Gasteiger partial charge is 0.276 e. The summed E-state index contributed by atoms with van der Waals surface area (Å²) in [4.78, 5) is 16.5. The Morgan fingerprint density at radius 2 is 1.93 bits per heavy atom. The zero-order valence-electron chi connectivity index (χ0n) is 15.1. The number of carbonyl (C=O) groups excluding carboxylic acids is 1. The van der Waals surface area contributed by atoms with Crippen LogP contribution in [0.2, 0.25) is 0 Å². The van der Waals surface area contributed by atoms with Crippen LogP contribution in [-0.2, 0) is 6.54 Å². The average molecular weight is 385 g/mol. The minimum atomic E-state index is -0.862. The normalized spacial score (nSPS) is 15.6. The first-order valence-corrected chi connectivity index (χ1v) is 9.01. The van der Waals surface area contributed by atoms with Gasteiger partial charge in [0.2, 0.25) is 0 Å². The first kappa shape index (κ1) is 18.2. The van der Waals surface area contributed by atoms with Crippen LogP contribution in [-0.4, -0.2) is 57.1 Å². The van der Waals surface area contributed by atoms with Gasteiger partial charge in [-0.3, -0.25) is 4.79 Å². The molecule has 3 aromatic rings. The van der Waals surface area contributed by atoms with E-state index in [9.17, 15) is 14.3 Å². The highest BCUT2D eigenvalue weighted by molar-refractivity contribution is 5.92. The Morgan fingerprint density at radius 3 is 2.61 bits per heavy atom. The Bertz CT molecular complexity index is 917. The van der Waals surface area contributed by atoms with Gasteiger partial charge >= 0.3 is 0 Å². The van der Waals surface area contributed by atoms with Gasteiger partial charge in [0, 0.05) is 31.9 Å². The maximum absolute atomic E-state index is 13.1. The molecule has 1 fully saturated rings. The lowest BCUT2D eigenvalue weighted by atomic mass is 10.2. The van der Waals surface area contributed by atoms with E-state index in [1.807, 2.05) is 0 Å². The number of furan rings is 1. The van der Waals surface area contributed by atoms with Gasteiger partial charge in [0.1, 0.15) is 17.7 Å². The van der Waals surface area contributed by atoms with Crippen LogP contribution >= 0.6 is 0 Å². The molecule has 146 valence electrons. The molecule has 3 heterocycles. The number of aromatic nitrogens is 3. The van der Waals surface area contributed by atoms with Crippen molar-refractivity contribution in [1.29, 1.82) is 0 Å². The van der Waals surface area contributed by atoms with Gasteiger partial charge in [-0.25, -0.2) is 9.07 Å². The summed E-state index contributed by atoms with van der Waals surface area (Å²) < 4.78 is 19.6. The maximum atomic E-state index is 13.1. The topological polar surface area (TPSA) is 87.6 Å². The molecule has 0 spiro atoms. The molecule has 1 aliphatic rings. The number of nitrogens with zero attached hydrogens (tertiary/aromatic N) is 5. The molecule has 2 aromatic heterocycles. The predicted molar refractivity (Wildman–Crippen MR) is 98.2 cm³/mol. The molecule has 8 nitrogen and oxygen atoms in total. The van der Waals surface area contributed by atoms with E-state index < -0.39 is 6.10 Å². The summed E-state index contributed by atoms with van der Waals surface area (Å²) in [7, 11) is 0. The summed E-state index contributed by atoms with van der Waals surface area (Å²) in [6.45, 7) is 2.54. The van der Waals surface area contributed by atoms with Crippen LogP contribution in [0.3, 0.4) is 0 Å². The number of halogens is 1. The molecule has 9 heteroatoms. The fraction of sp³-hybridized carbons (Fsp3) is 0.316. The van der Waals surface area contributed by atoms with Gasteiger partial charge in [0.05, 0.1) is 19.0 Å². The van der Waals surface area contributed by atoms with E-state index in [0.717, 1.165) is 5.69 Å². The van der Waals surface area contributed by atoms with Gasteiger partial charge < -0.3 is 19.3 Å². The lowest BCUT2D eigenvalue weighted by Gasteiger charge is -2.35. The number of aliphatic hydroxyl groups is 1. The molecular formula is C19H20FN5O3. The molecule has 0 unspecified atom stereocenters. The van der Waals surface area contributed by atoms with Gasteiger partial charge in [-0.2, -0.15) is 0 Å². The van der Waals surface area contributed by atoms with Crippen molar-refractivity contribution < 1.29 is 18.7 Å². The highest BCUT2D eigenvalue weighted by Gasteiger charge is 2.24. The van der Waals surface area contributed by atoms with E-state index in [0.29, 0.717) is 31.9 Å². The van der Waals surface area contributed by atoms with Crippen molar-refractivity contribution in [2.75, 3.05) is 31.1 Å². The van der Waals surface area contributed by atoms with E-state index in [-0.39, 0.29) is 24.0 Å². The fourth-order valence-electron chi connectivity index (χ4n) is 3.22. The second-order valence-corrected chi connectivity index (χ2v) is 6.61. The molecule has 1 atom stereocenters. The largest absolute Gasteiger partial charge is 0.467 e. The highest BCUT2D eigenvalue weighted by Crippen LogP contribution is 2.18. The lowest BCUT2D eigenvalue weighted by Crippen LogP contribution is -2.48. The second kappa shape index (κ2) is 7.81. The van der Waals surface area contributed by atoms with Crippen molar-refractivity contribution in [2.45, 2.75) is 12.6 Å². The first-order valence-electron chi connectivity index (χ1n) is 9.01. The van der Waals surface area contributed by atoms with Gasteiger partial charge in [0.15, 0.2) is 5.69 Å². The van der Waals surface area contributed by atoms with Crippen LogP contribution < -0.4 is 4.90 Å².